The van der Waals surface area contributed by atoms with Gasteiger partial charge < -0.3 is 5.73 Å². The normalized spacial score (nSPS) is 19.5. The van der Waals surface area contributed by atoms with E-state index in [1.165, 1.54) is 43.4 Å². The highest BCUT2D eigenvalue weighted by molar-refractivity contribution is 5.28. The third-order valence-electron chi connectivity index (χ3n) is 4.38. The molecule has 2 N–H and O–H groups in total. The lowest BCUT2D eigenvalue weighted by atomic mass is 9.85. The van der Waals surface area contributed by atoms with E-state index >= 15 is 0 Å². The van der Waals surface area contributed by atoms with Crippen LogP contribution in [0.4, 0.5) is 0 Å². The molecule has 0 saturated carbocycles. The summed E-state index contributed by atoms with van der Waals surface area (Å²) in [4.78, 5) is 2.61. The van der Waals surface area contributed by atoms with Gasteiger partial charge in [-0.05, 0) is 48.9 Å². The van der Waals surface area contributed by atoms with Crippen molar-refractivity contribution in [2.24, 2.45) is 11.1 Å². The highest BCUT2D eigenvalue weighted by atomic mass is 15.1. The lowest BCUT2D eigenvalue weighted by Gasteiger charge is -2.34. The van der Waals surface area contributed by atoms with E-state index in [4.69, 9.17) is 5.73 Å². The fraction of sp³-hybridized carbons (Fsp3) is 0.647. The molecule has 1 aliphatic rings. The van der Waals surface area contributed by atoms with E-state index in [0.717, 1.165) is 19.6 Å². The second kappa shape index (κ2) is 6.53. The molecule has 2 rings (SSSR count). The number of fused-ring (bicyclic) bond motifs is 1. The fourth-order valence-electron chi connectivity index (χ4n) is 3.29. The van der Waals surface area contributed by atoms with Crippen LogP contribution in [0.3, 0.4) is 0 Å². The summed E-state index contributed by atoms with van der Waals surface area (Å²) in [5.74, 6) is 0. The molecular formula is C17H28N2. The first kappa shape index (κ1) is 14.5. The van der Waals surface area contributed by atoms with Crippen molar-refractivity contribution in [2.45, 2.75) is 46.1 Å². The molecule has 0 spiro atoms. The molecule has 0 amide bonds. The van der Waals surface area contributed by atoms with Gasteiger partial charge in [-0.1, -0.05) is 44.5 Å². The summed E-state index contributed by atoms with van der Waals surface area (Å²) in [5.41, 5.74) is 9.34. The smallest absolute Gasteiger partial charge is 0.0236 e. The Bertz CT molecular complexity index is 402. The monoisotopic (exact) mass is 260 g/mol. The van der Waals surface area contributed by atoms with E-state index in [9.17, 15) is 0 Å². The molecule has 0 saturated heterocycles. The van der Waals surface area contributed by atoms with Gasteiger partial charge in [0.1, 0.15) is 0 Å². The largest absolute Gasteiger partial charge is 0.330 e. The molecule has 2 heteroatoms. The van der Waals surface area contributed by atoms with Gasteiger partial charge >= 0.3 is 0 Å². The van der Waals surface area contributed by atoms with Crippen molar-refractivity contribution in [1.82, 2.24) is 4.90 Å². The van der Waals surface area contributed by atoms with Crippen molar-refractivity contribution < 1.29 is 0 Å². The summed E-state index contributed by atoms with van der Waals surface area (Å²) in [7, 11) is 0. The standard InChI is InChI=1S/C17H28N2/c1-3-10-17(2,13-18)14-19-11-6-9-15-7-4-5-8-16(15)12-19/h4-5,7-8H,3,6,9-14,18H2,1-2H3. The molecule has 0 aromatic heterocycles. The summed E-state index contributed by atoms with van der Waals surface area (Å²) < 4.78 is 0. The zero-order chi connectivity index (χ0) is 13.7. The van der Waals surface area contributed by atoms with E-state index in [0.29, 0.717) is 0 Å². The first-order valence-electron chi connectivity index (χ1n) is 7.66. The van der Waals surface area contributed by atoms with Crippen molar-refractivity contribution in [3.05, 3.63) is 35.4 Å². The van der Waals surface area contributed by atoms with E-state index < -0.39 is 0 Å². The van der Waals surface area contributed by atoms with Gasteiger partial charge in [-0.15, -0.1) is 0 Å². The minimum atomic E-state index is 0.272. The van der Waals surface area contributed by atoms with Gasteiger partial charge in [0.05, 0.1) is 0 Å². The van der Waals surface area contributed by atoms with Gasteiger partial charge in [-0.25, -0.2) is 0 Å². The molecule has 1 atom stereocenters. The minimum Gasteiger partial charge on any atom is -0.330 e. The van der Waals surface area contributed by atoms with Crippen LogP contribution >= 0.6 is 0 Å². The minimum absolute atomic E-state index is 0.272. The molecule has 0 aliphatic carbocycles. The van der Waals surface area contributed by atoms with Crippen LogP contribution in [0, 0.1) is 5.41 Å². The average molecular weight is 260 g/mol. The van der Waals surface area contributed by atoms with Gasteiger partial charge in [0.2, 0.25) is 0 Å². The number of nitrogens with zero attached hydrogens (tertiary/aromatic N) is 1. The Morgan fingerprint density at radius 3 is 2.68 bits per heavy atom. The Hall–Kier alpha value is -0.860. The number of hydrogen-bond donors (Lipinski definition) is 1. The molecule has 0 bridgehead atoms. The molecule has 19 heavy (non-hydrogen) atoms. The molecule has 1 heterocycles. The van der Waals surface area contributed by atoms with Crippen LogP contribution in [0.25, 0.3) is 0 Å². The molecule has 1 unspecified atom stereocenters. The second-order valence-corrected chi connectivity index (χ2v) is 6.35. The molecule has 0 radical (unpaired) electrons. The molecule has 1 aromatic carbocycles. The van der Waals surface area contributed by atoms with E-state index in [1.54, 1.807) is 0 Å². The lowest BCUT2D eigenvalue weighted by molar-refractivity contribution is 0.154. The average Bonchev–Trinajstić information content (AvgIpc) is 2.60. The molecule has 2 nitrogen and oxygen atoms in total. The molecule has 0 fully saturated rings. The number of rotatable bonds is 5. The third kappa shape index (κ3) is 3.80. The maximum absolute atomic E-state index is 6.02. The second-order valence-electron chi connectivity index (χ2n) is 6.35. The predicted octanol–water partition coefficient (Wildman–Crippen LogP) is 3.20. The fourth-order valence-corrected chi connectivity index (χ4v) is 3.29. The highest BCUT2D eigenvalue weighted by Crippen LogP contribution is 2.26. The van der Waals surface area contributed by atoms with E-state index in [2.05, 4.69) is 43.0 Å². The lowest BCUT2D eigenvalue weighted by Crippen LogP contribution is -2.40. The number of benzene rings is 1. The SMILES string of the molecule is CCCC(C)(CN)CN1CCCc2ccccc2C1. The van der Waals surface area contributed by atoms with Crippen LogP contribution in [0.2, 0.25) is 0 Å². The van der Waals surface area contributed by atoms with Gasteiger partial charge in [-0.2, -0.15) is 0 Å². The van der Waals surface area contributed by atoms with Gasteiger partial charge in [0.25, 0.3) is 0 Å². The van der Waals surface area contributed by atoms with Crippen molar-refractivity contribution in [1.29, 1.82) is 0 Å². The predicted molar refractivity (Wildman–Crippen MR) is 82.1 cm³/mol. The maximum atomic E-state index is 6.02. The Morgan fingerprint density at radius 2 is 2.00 bits per heavy atom. The first-order valence-corrected chi connectivity index (χ1v) is 7.66. The molecule has 106 valence electrons. The van der Waals surface area contributed by atoms with Crippen LogP contribution in [0.1, 0.15) is 44.2 Å². The quantitative estimate of drug-likeness (QED) is 0.881. The summed E-state index contributed by atoms with van der Waals surface area (Å²) in [6, 6.07) is 8.90. The maximum Gasteiger partial charge on any atom is 0.0236 e. The Balaban J connectivity index is 2.06. The van der Waals surface area contributed by atoms with Crippen LogP contribution < -0.4 is 5.73 Å². The molecule has 1 aromatic rings. The summed E-state index contributed by atoms with van der Waals surface area (Å²) in [6.07, 6.45) is 4.93. The first-order chi connectivity index (χ1) is 9.17. The van der Waals surface area contributed by atoms with Crippen molar-refractivity contribution in [3.63, 3.8) is 0 Å². The van der Waals surface area contributed by atoms with Crippen LogP contribution in [0.5, 0.6) is 0 Å². The topological polar surface area (TPSA) is 29.3 Å². The molecular weight excluding hydrogens is 232 g/mol. The van der Waals surface area contributed by atoms with Crippen LogP contribution in [-0.4, -0.2) is 24.5 Å². The van der Waals surface area contributed by atoms with Crippen LogP contribution in [0.15, 0.2) is 24.3 Å². The van der Waals surface area contributed by atoms with Gasteiger partial charge in [0, 0.05) is 13.1 Å². The summed E-state index contributed by atoms with van der Waals surface area (Å²) >= 11 is 0. The number of nitrogens with two attached hydrogens (primary N) is 1. The highest BCUT2D eigenvalue weighted by Gasteiger charge is 2.26. The summed E-state index contributed by atoms with van der Waals surface area (Å²) in [5, 5.41) is 0. The Kier molecular flexibility index (Phi) is 5.00. The van der Waals surface area contributed by atoms with Crippen molar-refractivity contribution in [2.75, 3.05) is 19.6 Å². The number of hydrogen-bond acceptors (Lipinski definition) is 2. The summed E-state index contributed by atoms with van der Waals surface area (Å²) in [6.45, 7) is 8.81. The number of aryl methyl sites for hydroxylation is 1. The van der Waals surface area contributed by atoms with Gasteiger partial charge in [-0.3, -0.25) is 4.90 Å². The van der Waals surface area contributed by atoms with Crippen LogP contribution in [-0.2, 0) is 13.0 Å². The molecule has 1 aliphatic heterocycles. The third-order valence-corrected chi connectivity index (χ3v) is 4.38. The Labute approximate surface area is 118 Å². The van der Waals surface area contributed by atoms with Crippen molar-refractivity contribution in [3.8, 4) is 0 Å². The van der Waals surface area contributed by atoms with Crippen molar-refractivity contribution >= 4 is 0 Å². The zero-order valence-electron chi connectivity index (χ0n) is 12.5. The zero-order valence-corrected chi connectivity index (χ0v) is 12.5. The van der Waals surface area contributed by atoms with Gasteiger partial charge in [0.15, 0.2) is 0 Å². The van der Waals surface area contributed by atoms with E-state index in [-0.39, 0.29) is 5.41 Å². The van der Waals surface area contributed by atoms with E-state index in [1.807, 2.05) is 0 Å². The Morgan fingerprint density at radius 1 is 1.26 bits per heavy atom.